The molecule has 0 spiro atoms. The van der Waals surface area contributed by atoms with Gasteiger partial charge < -0.3 is 18.6 Å². The molecule has 2 aliphatic rings. The maximum absolute atomic E-state index is 6.23. The number of furan rings is 2. The van der Waals surface area contributed by atoms with Crippen LogP contribution < -0.4 is 24.8 Å². The SMILES string of the molecule is CC(C)c1cc2c3c(c1)N(c1ccc(-c4coc5ccccc45)cc1-c1ccccc1)c1c(sc4ccc(C(C)(C)C)cc14)B3c1sc3ccc(C(C)(C)C)cc3c1N2c1ccc(-c2coc3ccccc23)cc1-c1ccccc1. The Hall–Kier alpha value is -8.36. The van der Waals surface area contributed by atoms with Crippen LogP contribution in [0.5, 0.6) is 0 Å². The molecule has 0 fully saturated rings. The van der Waals surface area contributed by atoms with Crippen molar-refractivity contribution in [3.63, 3.8) is 0 Å². The normalized spacial score (nSPS) is 13.3. The van der Waals surface area contributed by atoms with Crippen LogP contribution in [-0.4, -0.2) is 6.71 Å². The van der Waals surface area contributed by atoms with Gasteiger partial charge in [-0.2, -0.15) is 0 Å². The Balaban J connectivity index is 1.07. The first-order chi connectivity index (χ1) is 38.8. The van der Waals surface area contributed by atoms with Crippen molar-refractivity contribution in [2.24, 2.45) is 0 Å². The van der Waals surface area contributed by atoms with Crippen molar-refractivity contribution >= 4 is 121 Å². The van der Waals surface area contributed by atoms with Gasteiger partial charge in [-0.05, 0) is 134 Å². The number of fused-ring (bicyclic) bond motifs is 10. The number of benzene rings is 9. The summed E-state index contributed by atoms with van der Waals surface area (Å²) in [6, 6.07) is 72.6. The van der Waals surface area contributed by atoms with Gasteiger partial charge in [-0.15, -0.1) is 22.7 Å². The molecule has 0 saturated carbocycles. The molecule has 9 aromatic carbocycles. The minimum Gasteiger partial charge on any atom is -0.464 e. The number of hydrogen-bond acceptors (Lipinski definition) is 6. The van der Waals surface area contributed by atoms with E-state index >= 15 is 0 Å². The quantitative estimate of drug-likeness (QED) is 0.149. The van der Waals surface area contributed by atoms with E-state index in [9.17, 15) is 0 Å². The Morgan fingerprint density at radius 1 is 0.400 bits per heavy atom. The van der Waals surface area contributed by atoms with Crippen LogP contribution in [0.15, 0.2) is 215 Å². The summed E-state index contributed by atoms with van der Waals surface area (Å²) in [5.41, 5.74) is 23.2. The van der Waals surface area contributed by atoms with E-state index in [2.05, 4.69) is 247 Å². The number of rotatable bonds is 7. The van der Waals surface area contributed by atoms with Crippen LogP contribution in [-0.2, 0) is 10.8 Å². The van der Waals surface area contributed by atoms with Crippen LogP contribution in [0.25, 0.3) is 86.6 Å². The second kappa shape index (κ2) is 18.1. The third kappa shape index (κ3) is 7.61. The maximum atomic E-state index is 6.23. The van der Waals surface area contributed by atoms with Crippen LogP contribution in [0, 0.1) is 0 Å². The highest BCUT2D eigenvalue weighted by atomic mass is 32.1. The molecule has 2 aliphatic heterocycles. The standard InChI is InChI=1S/C73H59BN2O2S2/c1-43(2)48-37-61-67-62(38-48)76(60-32-28-47(36-54(60)45-21-13-10-14-22-45)58-42-78-64-26-18-16-24-52(58)64)69-56-40-50(73(6,7)8)30-34-66(56)80-71(69)74(67)70-68(55-39-49(72(3,4)5)29-33-65(55)79-70)75(61)59-31-27-46(35-53(59)44-19-11-9-12-20-44)57-41-77-63-25-17-15-23-51(57)63/h9-43H,1-8H3. The largest absolute Gasteiger partial charge is 0.464 e. The molecule has 0 amide bonds. The highest BCUT2D eigenvalue weighted by Gasteiger charge is 2.48. The summed E-state index contributed by atoms with van der Waals surface area (Å²) in [4.78, 5) is 5.36. The zero-order chi connectivity index (χ0) is 54.3. The van der Waals surface area contributed by atoms with Crippen molar-refractivity contribution in [1.82, 2.24) is 0 Å². The van der Waals surface area contributed by atoms with Crippen molar-refractivity contribution in [2.75, 3.05) is 9.80 Å². The molecule has 0 N–H and O–H groups in total. The summed E-state index contributed by atoms with van der Waals surface area (Å²) in [6.45, 7) is 18.7. The van der Waals surface area contributed by atoms with E-state index in [1.807, 2.05) is 47.3 Å². The van der Waals surface area contributed by atoms with E-state index in [-0.39, 0.29) is 23.5 Å². The van der Waals surface area contributed by atoms with E-state index in [0.29, 0.717) is 0 Å². The van der Waals surface area contributed by atoms with Crippen LogP contribution in [0.2, 0.25) is 0 Å². The molecular formula is C73H59BN2O2S2. The summed E-state index contributed by atoms with van der Waals surface area (Å²) in [5, 5.41) is 4.79. The van der Waals surface area contributed by atoms with Crippen molar-refractivity contribution in [3.05, 3.63) is 223 Å². The Labute approximate surface area is 476 Å². The molecule has 0 bridgehead atoms. The zero-order valence-corrected chi connectivity index (χ0v) is 47.9. The third-order valence-electron chi connectivity index (χ3n) is 16.9. The molecule has 0 aliphatic carbocycles. The van der Waals surface area contributed by atoms with E-state index in [1.165, 1.54) is 74.6 Å². The molecule has 0 radical (unpaired) electrons. The van der Waals surface area contributed by atoms with Crippen LogP contribution >= 0.6 is 22.7 Å². The van der Waals surface area contributed by atoms with E-state index in [0.717, 1.165) is 77.8 Å². The third-order valence-corrected chi connectivity index (χ3v) is 19.4. The maximum Gasteiger partial charge on any atom is 0.277 e. The van der Waals surface area contributed by atoms with Crippen LogP contribution in [0.1, 0.15) is 78.0 Å². The predicted octanol–water partition coefficient (Wildman–Crippen LogP) is 20.1. The smallest absolute Gasteiger partial charge is 0.277 e. The minimum atomic E-state index is -0.0614. The van der Waals surface area contributed by atoms with Crippen molar-refractivity contribution < 1.29 is 8.83 Å². The molecule has 4 nitrogen and oxygen atoms in total. The van der Waals surface area contributed by atoms with Gasteiger partial charge >= 0.3 is 0 Å². The van der Waals surface area contributed by atoms with Crippen molar-refractivity contribution in [2.45, 2.75) is 72.1 Å². The average molecular weight is 1070 g/mol. The molecule has 80 heavy (non-hydrogen) atoms. The van der Waals surface area contributed by atoms with Gasteiger partial charge in [0.1, 0.15) is 11.2 Å². The Morgan fingerprint density at radius 2 is 0.825 bits per heavy atom. The molecule has 0 unspecified atom stereocenters. The summed E-state index contributed by atoms with van der Waals surface area (Å²) < 4.78 is 17.8. The highest BCUT2D eigenvalue weighted by molar-refractivity contribution is 7.40. The Kier molecular flexibility index (Phi) is 11.0. The minimum absolute atomic E-state index is 0.0434. The first-order valence-corrected chi connectivity index (χ1v) is 29.6. The lowest BCUT2D eigenvalue weighted by Crippen LogP contribution is -2.59. The molecule has 4 aromatic heterocycles. The van der Waals surface area contributed by atoms with Gasteiger partial charge in [-0.25, -0.2) is 0 Å². The lowest BCUT2D eigenvalue weighted by Gasteiger charge is -2.43. The average Bonchev–Trinajstić information content (AvgIpc) is 4.37. The molecule has 0 atom stereocenters. The lowest BCUT2D eigenvalue weighted by atomic mass is 9.39. The molecule has 388 valence electrons. The van der Waals surface area contributed by atoms with Gasteiger partial charge in [0, 0.05) is 74.1 Å². The predicted molar refractivity (Wildman–Crippen MR) is 344 cm³/mol. The van der Waals surface area contributed by atoms with Gasteiger partial charge in [-0.3, -0.25) is 0 Å². The fourth-order valence-electron chi connectivity index (χ4n) is 12.7. The highest BCUT2D eigenvalue weighted by Crippen LogP contribution is 2.55. The van der Waals surface area contributed by atoms with Crippen LogP contribution in [0.4, 0.5) is 34.1 Å². The molecular weight excluding hydrogens is 1010 g/mol. The van der Waals surface area contributed by atoms with Gasteiger partial charge in [-0.1, -0.05) is 177 Å². The van der Waals surface area contributed by atoms with Gasteiger partial charge in [0.2, 0.25) is 0 Å². The Morgan fingerprint density at radius 3 is 1.25 bits per heavy atom. The fraction of sp³-hybridized carbons (Fsp3) is 0.151. The number of hydrogen-bond donors (Lipinski definition) is 0. The van der Waals surface area contributed by atoms with E-state index in [4.69, 9.17) is 8.83 Å². The number of para-hydroxylation sites is 2. The van der Waals surface area contributed by atoms with Crippen LogP contribution in [0.3, 0.4) is 0 Å². The summed E-state index contributed by atoms with van der Waals surface area (Å²) in [7, 11) is 0. The zero-order valence-electron chi connectivity index (χ0n) is 46.3. The van der Waals surface area contributed by atoms with Gasteiger partial charge in [0.25, 0.3) is 6.71 Å². The van der Waals surface area contributed by atoms with Crippen molar-refractivity contribution in [1.29, 1.82) is 0 Å². The molecule has 15 rings (SSSR count). The Bertz CT molecular complexity index is 4330. The van der Waals surface area contributed by atoms with E-state index in [1.54, 1.807) is 0 Å². The second-order valence-corrected chi connectivity index (χ2v) is 26.4. The monoisotopic (exact) mass is 1070 g/mol. The summed E-state index contributed by atoms with van der Waals surface area (Å²) in [6.07, 6.45) is 3.85. The van der Waals surface area contributed by atoms with E-state index < -0.39 is 0 Å². The summed E-state index contributed by atoms with van der Waals surface area (Å²) in [5.74, 6) is 0.218. The number of nitrogens with zero attached hydrogens (tertiary/aromatic N) is 2. The molecule has 13 aromatic rings. The van der Waals surface area contributed by atoms with Gasteiger partial charge in [0.15, 0.2) is 0 Å². The molecule has 0 saturated heterocycles. The number of anilines is 6. The number of thiophene rings is 2. The molecule has 7 heteroatoms. The topological polar surface area (TPSA) is 32.8 Å². The van der Waals surface area contributed by atoms with Crippen molar-refractivity contribution in [3.8, 4) is 44.5 Å². The lowest BCUT2D eigenvalue weighted by molar-refractivity contribution is 0.591. The van der Waals surface area contributed by atoms with Gasteiger partial charge in [0.05, 0.1) is 35.3 Å². The molecule has 6 heterocycles. The first-order valence-electron chi connectivity index (χ1n) is 28.0. The summed E-state index contributed by atoms with van der Waals surface area (Å²) >= 11 is 3.95. The first kappa shape index (κ1) is 48.7. The fourth-order valence-corrected chi connectivity index (χ4v) is 15.3. The second-order valence-electron chi connectivity index (χ2n) is 24.3.